The van der Waals surface area contributed by atoms with E-state index >= 15 is 0 Å². The summed E-state index contributed by atoms with van der Waals surface area (Å²) in [6, 6.07) is 10.6. The van der Waals surface area contributed by atoms with Crippen LogP contribution in [0.4, 0.5) is 5.88 Å². The van der Waals surface area contributed by atoms with Crippen LogP contribution in [0.5, 0.6) is 0 Å². The first kappa shape index (κ1) is 13.6. The van der Waals surface area contributed by atoms with Gasteiger partial charge < -0.3 is 9.73 Å². The van der Waals surface area contributed by atoms with Crippen molar-refractivity contribution >= 4 is 17.5 Å². The fourth-order valence-corrected chi connectivity index (χ4v) is 1.81. The third kappa shape index (κ3) is 3.56. The Morgan fingerprint density at radius 1 is 1.32 bits per heavy atom. The summed E-state index contributed by atoms with van der Waals surface area (Å²) in [6.07, 6.45) is 0. The highest BCUT2D eigenvalue weighted by molar-refractivity contribution is 6.30. The van der Waals surface area contributed by atoms with E-state index in [2.05, 4.69) is 5.32 Å². The molecule has 0 bridgehead atoms. The van der Waals surface area contributed by atoms with Crippen molar-refractivity contribution in [3.63, 3.8) is 0 Å². The van der Waals surface area contributed by atoms with Gasteiger partial charge in [0.2, 0.25) is 0 Å². The van der Waals surface area contributed by atoms with E-state index in [4.69, 9.17) is 16.0 Å². The third-order valence-electron chi connectivity index (χ3n) is 2.78. The maximum absolute atomic E-state index is 10.5. The molecule has 0 aliphatic rings. The average Bonchev–Trinajstić information content (AvgIpc) is 2.86. The lowest BCUT2D eigenvalue weighted by atomic mass is 10.1. The zero-order chi connectivity index (χ0) is 13.8. The second-order valence-electron chi connectivity index (χ2n) is 4.15. The van der Waals surface area contributed by atoms with Gasteiger partial charge in [0, 0.05) is 11.1 Å². The van der Waals surface area contributed by atoms with Gasteiger partial charge in [0.15, 0.2) is 0 Å². The number of nitro groups is 1. The van der Waals surface area contributed by atoms with E-state index < -0.39 is 4.92 Å². The predicted molar refractivity (Wildman–Crippen MR) is 72.1 cm³/mol. The van der Waals surface area contributed by atoms with Crippen molar-refractivity contribution in [3.8, 4) is 0 Å². The van der Waals surface area contributed by atoms with E-state index in [1.165, 1.54) is 6.07 Å². The van der Waals surface area contributed by atoms with E-state index in [9.17, 15) is 10.1 Å². The molecule has 2 aromatic rings. The normalized spacial score (nSPS) is 12.3. The van der Waals surface area contributed by atoms with Crippen LogP contribution in [0.25, 0.3) is 0 Å². The molecule has 5 nitrogen and oxygen atoms in total. The summed E-state index contributed by atoms with van der Waals surface area (Å²) in [7, 11) is 0. The second-order valence-corrected chi connectivity index (χ2v) is 4.59. The van der Waals surface area contributed by atoms with Gasteiger partial charge >= 0.3 is 5.88 Å². The molecule has 1 aromatic carbocycles. The molecule has 1 atom stereocenters. The number of nitrogens with zero attached hydrogens (tertiary/aromatic N) is 1. The molecular weight excluding hydrogens is 268 g/mol. The molecular formula is C13H13ClN2O3. The van der Waals surface area contributed by atoms with Crippen molar-refractivity contribution in [2.24, 2.45) is 0 Å². The summed E-state index contributed by atoms with van der Waals surface area (Å²) < 4.78 is 5.07. The summed E-state index contributed by atoms with van der Waals surface area (Å²) in [5.74, 6) is 0.295. The molecule has 100 valence electrons. The van der Waals surface area contributed by atoms with Crippen molar-refractivity contribution < 1.29 is 9.34 Å². The number of benzene rings is 1. The minimum absolute atomic E-state index is 0.0985. The zero-order valence-corrected chi connectivity index (χ0v) is 11.1. The Bertz CT molecular complexity index is 566. The second kappa shape index (κ2) is 5.86. The fourth-order valence-electron chi connectivity index (χ4n) is 1.68. The molecule has 0 spiro atoms. The molecule has 0 saturated heterocycles. The van der Waals surface area contributed by atoms with E-state index in [1.54, 1.807) is 6.07 Å². The minimum Gasteiger partial charge on any atom is -0.404 e. The van der Waals surface area contributed by atoms with E-state index in [-0.39, 0.29) is 11.9 Å². The Morgan fingerprint density at radius 2 is 2.00 bits per heavy atom. The van der Waals surface area contributed by atoms with Crippen LogP contribution < -0.4 is 5.32 Å². The smallest absolute Gasteiger partial charge is 0.404 e. The lowest BCUT2D eigenvalue weighted by Crippen LogP contribution is -2.17. The topological polar surface area (TPSA) is 68.3 Å². The van der Waals surface area contributed by atoms with Crippen LogP contribution in [-0.4, -0.2) is 4.92 Å². The first-order valence-corrected chi connectivity index (χ1v) is 6.16. The van der Waals surface area contributed by atoms with Gasteiger partial charge in [0.25, 0.3) is 0 Å². The average molecular weight is 281 g/mol. The van der Waals surface area contributed by atoms with Crippen molar-refractivity contribution in [2.75, 3.05) is 0 Å². The van der Waals surface area contributed by atoms with E-state index in [0.717, 1.165) is 5.56 Å². The number of nitrogens with one attached hydrogen (secondary N) is 1. The van der Waals surface area contributed by atoms with Crippen LogP contribution >= 0.6 is 11.6 Å². The maximum atomic E-state index is 10.5. The van der Waals surface area contributed by atoms with Gasteiger partial charge in [0.1, 0.15) is 10.7 Å². The van der Waals surface area contributed by atoms with Gasteiger partial charge in [-0.25, -0.2) is 0 Å². The number of rotatable bonds is 5. The molecule has 0 amide bonds. The maximum Gasteiger partial charge on any atom is 0.433 e. The Kier molecular flexibility index (Phi) is 4.19. The standard InChI is InChI=1S/C13H13ClN2O3/c1-9(10-2-4-11(14)5-3-10)15-8-12-6-7-13(19-12)16(17)18/h2-7,9,15H,8H2,1H3/t9-/m0/s1. The van der Waals surface area contributed by atoms with Gasteiger partial charge in [-0.15, -0.1) is 0 Å². The third-order valence-corrected chi connectivity index (χ3v) is 3.03. The summed E-state index contributed by atoms with van der Waals surface area (Å²) in [5.41, 5.74) is 1.09. The Morgan fingerprint density at radius 3 is 2.58 bits per heavy atom. The van der Waals surface area contributed by atoms with Gasteiger partial charge in [0.05, 0.1) is 12.6 Å². The van der Waals surface area contributed by atoms with Gasteiger partial charge in [-0.1, -0.05) is 23.7 Å². The highest BCUT2D eigenvalue weighted by atomic mass is 35.5. The minimum atomic E-state index is -0.549. The summed E-state index contributed by atoms with van der Waals surface area (Å²) in [6.45, 7) is 2.43. The van der Waals surface area contributed by atoms with Crippen molar-refractivity contribution in [1.82, 2.24) is 5.32 Å². The highest BCUT2D eigenvalue weighted by Gasteiger charge is 2.12. The van der Waals surface area contributed by atoms with Crippen molar-refractivity contribution in [1.29, 1.82) is 0 Å². The molecule has 0 radical (unpaired) electrons. The molecule has 1 N–H and O–H groups in total. The summed E-state index contributed by atoms with van der Waals surface area (Å²) >= 11 is 5.82. The molecule has 19 heavy (non-hydrogen) atoms. The van der Waals surface area contributed by atoms with Crippen LogP contribution in [0.15, 0.2) is 40.8 Å². The molecule has 0 aliphatic carbocycles. The lowest BCUT2D eigenvalue weighted by Gasteiger charge is -2.13. The SMILES string of the molecule is C[C@H](NCc1ccc([N+](=O)[O-])o1)c1ccc(Cl)cc1. The number of hydrogen-bond acceptors (Lipinski definition) is 4. The number of furan rings is 1. The quantitative estimate of drug-likeness (QED) is 0.670. The number of halogens is 1. The van der Waals surface area contributed by atoms with Crippen LogP contribution in [-0.2, 0) is 6.54 Å². The Balaban J connectivity index is 1.94. The van der Waals surface area contributed by atoms with Crippen LogP contribution in [0, 0.1) is 10.1 Å². The van der Waals surface area contributed by atoms with Crippen molar-refractivity contribution in [2.45, 2.75) is 19.5 Å². The zero-order valence-electron chi connectivity index (χ0n) is 10.3. The molecule has 0 aliphatic heterocycles. The molecule has 1 heterocycles. The molecule has 0 saturated carbocycles. The summed E-state index contributed by atoms with van der Waals surface area (Å²) in [4.78, 5) is 9.94. The monoisotopic (exact) mass is 280 g/mol. The molecule has 0 unspecified atom stereocenters. The molecule has 0 fully saturated rings. The Labute approximate surface area is 115 Å². The predicted octanol–water partition coefficient (Wildman–Crippen LogP) is 3.69. The summed E-state index contributed by atoms with van der Waals surface area (Å²) in [5, 5.41) is 14.4. The molecule has 6 heteroatoms. The molecule has 1 aromatic heterocycles. The Hall–Kier alpha value is -1.85. The van der Waals surface area contributed by atoms with E-state index in [1.807, 2.05) is 31.2 Å². The van der Waals surface area contributed by atoms with Gasteiger partial charge in [-0.2, -0.15) is 0 Å². The largest absolute Gasteiger partial charge is 0.433 e. The fraction of sp³-hybridized carbons (Fsp3) is 0.231. The molecule has 2 rings (SSSR count). The van der Waals surface area contributed by atoms with Crippen LogP contribution in [0.3, 0.4) is 0 Å². The highest BCUT2D eigenvalue weighted by Crippen LogP contribution is 2.18. The van der Waals surface area contributed by atoms with Crippen LogP contribution in [0.2, 0.25) is 5.02 Å². The number of hydrogen-bond donors (Lipinski definition) is 1. The van der Waals surface area contributed by atoms with Gasteiger partial charge in [-0.05, 0) is 30.7 Å². The first-order chi connectivity index (χ1) is 9.06. The first-order valence-electron chi connectivity index (χ1n) is 5.78. The lowest BCUT2D eigenvalue weighted by molar-refractivity contribution is -0.402. The van der Waals surface area contributed by atoms with Crippen LogP contribution in [0.1, 0.15) is 24.3 Å². The van der Waals surface area contributed by atoms with Gasteiger partial charge in [-0.3, -0.25) is 10.1 Å². The van der Waals surface area contributed by atoms with E-state index in [0.29, 0.717) is 17.3 Å². The van der Waals surface area contributed by atoms with Crippen molar-refractivity contribution in [3.05, 3.63) is 62.9 Å².